The van der Waals surface area contributed by atoms with Crippen molar-refractivity contribution in [3.8, 4) is 0 Å². The van der Waals surface area contributed by atoms with Crippen LogP contribution in [0, 0.1) is 11.6 Å². The van der Waals surface area contributed by atoms with E-state index in [0.717, 1.165) is 19.0 Å². The highest BCUT2D eigenvalue weighted by Crippen LogP contribution is 2.09. The first-order valence-corrected chi connectivity index (χ1v) is 5.30. The summed E-state index contributed by atoms with van der Waals surface area (Å²) in [6, 6.07) is 3.90. The van der Waals surface area contributed by atoms with Gasteiger partial charge in [0.05, 0.1) is 0 Å². The normalized spacial score (nSPS) is 12.8. The predicted molar refractivity (Wildman–Crippen MR) is 57.8 cm³/mol. The van der Waals surface area contributed by atoms with Crippen LogP contribution in [-0.2, 0) is 6.42 Å². The Hall–Kier alpha value is -0.960. The average molecular weight is 213 g/mol. The molecule has 1 aromatic rings. The molecule has 0 saturated heterocycles. The molecule has 84 valence electrons. The summed E-state index contributed by atoms with van der Waals surface area (Å²) < 4.78 is 25.7. The second-order valence-corrected chi connectivity index (χ2v) is 3.84. The molecule has 0 fully saturated rings. The maximum Gasteiger partial charge on any atom is 0.126 e. The van der Waals surface area contributed by atoms with Crippen LogP contribution < -0.4 is 5.32 Å². The van der Waals surface area contributed by atoms with Gasteiger partial charge in [0.15, 0.2) is 0 Å². The van der Waals surface area contributed by atoms with Gasteiger partial charge in [-0.1, -0.05) is 6.92 Å². The van der Waals surface area contributed by atoms with Crippen LogP contribution >= 0.6 is 0 Å². The predicted octanol–water partition coefficient (Wildman–Crippen LogP) is 2.90. The average Bonchev–Trinajstić information content (AvgIpc) is 2.13. The van der Waals surface area contributed by atoms with Crippen LogP contribution in [0.2, 0.25) is 0 Å². The Morgan fingerprint density at radius 1 is 1.20 bits per heavy atom. The number of benzene rings is 1. The smallest absolute Gasteiger partial charge is 0.126 e. The molecule has 1 nitrogen and oxygen atoms in total. The standard InChI is InChI=1S/C12H17F2N/c1-3-4-15-9(2)5-10-6-11(13)8-12(14)7-10/h6-9,15H,3-5H2,1-2H3. The van der Waals surface area contributed by atoms with Crippen molar-refractivity contribution in [2.24, 2.45) is 0 Å². The Morgan fingerprint density at radius 2 is 1.80 bits per heavy atom. The molecule has 1 atom stereocenters. The third kappa shape index (κ3) is 4.38. The van der Waals surface area contributed by atoms with Crippen LogP contribution in [0.5, 0.6) is 0 Å². The van der Waals surface area contributed by atoms with E-state index in [-0.39, 0.29) is 6.04 Å². The Morgan fingerprint density at radius 3 is 2.33 bits per heavy atom. The van der Waals surface area contributed by atoms with E-state index in [1.807, 2.05) is 6.92 Å². The second-order valence-electron chi connectivity index (χ2n) is 3.84. The number of rotatable bonds is 5. The van der Waals surface area contributed by atoms with Crippen molar-refractivity contribution in [1.82, 2.24) is 5.32 Å². The van der Waals surface area contributed by atoms with Crippen LogP contribution in [0.4, 0.5) is 8.78 Å². The molecule has 0 radical (unpaired) electrons. The van der Waals surface area contributed by atoms with Gasteiger partial charge in [-0.3, -0.25) is 0 Å². The van der Waals surface area contributed by atoms with E-state index in [2.05, 4.69) is 12.2 Å². The lowest BCUT2D eigenvalue weighted by Gasteiger charge is -2.13. The Balaban J connectivity index is 2.56. The highest BCUT2D eigenvalue weighted by atomic mass is 19.1. The molecule has 3 heteroatoms. The van der Waals surface area contributed by atoms with Crippen LogP contribution in [0.3, 0.4) is 0 Å². The number of hydrogen-bond donors (Lipinski definition) is 1. The molecular weight excluding hydrogens is 196 g/mol. The zero-order valence-corrected chi connectivity index (χ0v) is 9.19. The fourth-order valence-corrected chi connectivity index (χ4v) is 1.55. The summed E-state index contributed by atoms with van der Waals surface area (Å²) in [5, 5.41) is 3.27. The van der Waals surface area contributed by atoms with Gasteiger partial charge in [-0.05, 0) is 44.0 Å². The third-order valence-electron chi connectivity index (χ3n) is 2.21. The van der Waals surface area contributed by atoms with Gasteiger partial charge in [0, 0.05) is 12.1 Å². The molecule has 0 aliphatic rings. The number of nitrogens with one attached hydrogen (secondary N) is 1. The van der Waals surface area contributed by atoms with Crippen molar-refractivity contribution < 1.29 is 8.78 Å². The minimum Gasteiger partial charge on any atom is -0.314 e. The first-order chi connectivity index (χ1) is 7.11. The fraction of sp³-hybridized carbons (Fsp3) is 0.500. The first-order valence-electron chi connectivity index (χ1n) is 5.30. The molecule has 0 aliphatic heterocycles. The van der Waals surface area contributed by atoms with Gasteiger partial charge >= 0.3 is 0 Å². The Kier molecular flexibility index (Phi) is 4.69. The molecule has 1 aromatic carbocycles. The van der Waals surface area contributed by atoms with Crippen molar-refractivity contribution in [1.29, 1.82) is 0 Å². The molecule has 0 amide bonds. The molecule has 0 spiro atoms. The summed E-state index contributed by atoms with van der Waals surface area (Å²) in [5.74, 6) is -1.01. The van der Waals surface area contributed by atoms with Gasteiger partial charge in [0.2, 0.25) is 0 Å². The van der Waals surface area contributed by atoms with E-state index < -0.39 is 11.6 Å². The molecule has 1 rings (SSSR count). The molecule has 0 bridgehead atoms. The summed E-state index contributed by atoms with van der Waals surface area (Å²) in [5.41, 5.74) is 0.698. The molecular formula is C12H17F2N. The summed E-state index contributed by atoms with van der Waals surface area (Å²) >= 11 is 0. The van der Waals surface area contributed by atoms with E-state index in [9.17, 15) is 8.78 Å². The van der Waals surface area contributed by atoms with Crippen molar-refractivity contribution >= 4 is 0 Å². The highest BCUT2D eigenvalue weighted by Gasteiger charge is 2.05. The summed E-state index contributed by atoms with van der Waals surface area (Å²) in [7, 11) is 0. The van der Waals surface area contributed by atoms with Crippen molar-refractivity contribution in [3.63, 3.8) is 0 Å². The maximum absolute atomic E-state index is 12.9. The van der Waals surface area contributed by atoms with E-state index >= 15 is 0 Å². The van der Waals surface area contributed by atoms with Crippen LogP contribution in [0.1, 0.15) is 25.8 Å². The Bertz CT molecular complexity index is 292. The molecule has 0 aromatic heterocycles. The minimum absolute atomic E-state index is 0.242. The van der Waals surface area contributed by atoms with Crippen molar-refractivity contribution in [3.05, 3.63) is 35.4 Å². The first kappa shape index (κ1) is 12.1. The lowest BCUT2D eigenvalue weighted by molar-refractivity contribution is 0.535. The zero-order chi connectivity index (χ0) is 11.3. The van der Waals surface area contributed by atoms with Gasteiger partial charge in [-0.25, -0.2) is 8.78 Å². The fourth-order valence-electron chi connectivity index (χ4n) is 1.55. The Labute approximate surface area is 89.5 Å². The molecule has 15 heavy (non-hydrogen) atoms. The maximum atomic E-state index is 12.9. The van der Waals surface area contributed by atoms with Crippen molar-refractivity contribution in [2.75, 3.05) is 6.54 Å². The highest BCUT2D eigenvalue weighted by molar-refractivity contribution is 5.18. The van der Waals surface area contributed by atoms with E-state index in [0.29, 0.717) is 12.0 Å². The van der Waals surface area contributed by atoms with Gasteiger partial charge in [0.25, 0.3) is 0 Å². The van der Waals surface area contributed by atoms with Crippen LogP contribution in [0.15, 0.2) is 18.2 Å². The molecule has 0 heterocycles. The minimum atomic E-state index is -0.507. The number of hydrogen-bond acceptors (Lipinski definition) is 1. The van der Waals surface area contributed by atoms with Crippen LogP contribution in [-0.4, -0.2) is 12.6 Å². The monoisotopic (exact) mass is 213 g/mol. The second kappa shape index (κ2) is 5.81. The third-order valence-corrected chi connectivity index (χ3v) is 2.21. The quantitative estimate of drug-likeness (QED) is 0.793. The zero-order valence-electron chi connectivity index (χ0n) is 9.19. The van der Waals surface area contributed by atoms with E-state index in [1.165, 1.54) is 12.1 Å². The summed E-state index contributed by atoms with van der Waals surface area (Å²) in [6.07, 6.45) is 1.70. The summed E-state index contributed by atoms with van der Waals surface area (Å²) in [6.45, 7) is 5.03. The molecule has 0 aliphatic carbocycles. The molecule has 1 unspecified atom stereocenters. The van der Waals surface area contributed by atoms with Crippen LogP contribution in [0.25, 0.3) is 0 Å². The SMILES string of the molecule is CCCNC(C)Cc1cc(F)cc(F)c1. The van der Waals surface area contributed by atoms with Crippen molar-refractivity contribution in [2.45, 2.75) is 32.7 Å². The lowest BCUT2D eigenvalue weighted by Crippen LogP contribution is -2.28. The number of halogens is 2. The lowest BCUT2D eigenvalue weighted by atomic mass is 10.1. The van der Waals surface area contributed by atoms with E-state index in [4.69, 9.17) is 0 Å². The molecule has 1 N–H and O–H groups in total. The van der Waals surface area contributed by atoms with E-state index in [1.54, 1.807) is 0 Å². The largest absolute Gasteiger partial charge is 0.314 e. The molecule has 0 saturated carbocycles. The van der Waals surface area contributed by atoms with Gasteiger partial charge in [0.1, 0.15) is 11.6 Å². The van der Waals surface area contributed by atoms with Gasteiger partial charge < -0.3 is 5.32 Å². The summed E-state index contributed by atoms with van der Waals surface area (Å²) in [4.78, 5) is 0. The van der Waals surface area contributed by atoms with Gasteiger partial charge in [-0.2, -0.15) is 0 Å². The topological polar surface area (TPSA) is 12.0 Å². The van der Waals surface area contributed by atoms with Gasteiger partial charge in [-0.15, -0.1) is 0 Å².